The first-order valence-electron chi connectivity index (χ1n) is 5.27. The fourth-order valence-corrected chi connectivity index (χ4v) is 2.36. The summed E-state index contributed by atoms with van der Waals surface area (Å²) in [6.07, 6.45) is 3.33. The smallest absolute Gasteiger partial charge is 0.127 e. The fraction of sp³-hybridized carbons (Fsp3) is 0.500. The first-order valence-corrected chi connectivity index (χ1v) is 5.27. The summed E-state index contributed by atoms with van der Waals surface area (Å²) in [5, 5.41) is 0. The van der Waals surface area contributed by atoms with E-state index in [4.69, 9.17) is 15.2 Å². The van der Waals surface area contributed by atoms with Crippen molar-refractivity contribution in [3.8, 4) is 11.5 Å². The molecule has 0 saturated carbocycles. The lowest BCUT2D eigenvalue weighted by Gasteiger charge is -2.15. The monoisotopic (exact) mass is 207 g/mol. The van der Waals surface area contributed by atoms with Gasteiger partial charge in [0.2, 0.25) is 0 Å². The number of fused-ring (bicyclic) bond motifs is 1. The van der Waals surface area contributed by atoms with Gasteiger partial charge in [-0.25, -0.2) is 0 Å². The molecular formula is C12H17NO2. The van der Waals surface area contributed by atoms with E-state index in [1.54, 1.807) is 14.2 Å². The Balaban J connectivity index is 2.60. The van der Waals surface area contributed by atoms with Crippen LogP contribution < -0.4 is 15.2 Å². The zero-order chi connectivity index (χ0) is 10.8. The number of benzene rings is 1. The summed E-state index contributed by atoms with van der Waals surface area (Å²) in [6, 6.07) is 2.00. The second-order valence-corrected chi connectivity index (χ2v) is 3.79. The van der Waals surface area contributed by atoms with Gasteiger partial charge in [-0.05, 0) is 25.3 Å². The molecule has 0 aliphatic heterocycles. The number of nitrogens with two attached hydrogens (primary N) is 1. The van der Waals surface area contributed by atoms with Crippen LogP contribution in [0.4, 0.5) is 0 Å². The molecule has 82 valence electrons. The SMILES string of the molecule is COc1cc(CN)c(OC)c2c1CCC2. The lowest BCUT2D eigenvalue weighted by Crippen LogP contribution is -2.04. The van der Waals surface area contributed by atoms with Crippen molar-refractivity contribution in [1.29, 1.82) is 0 Å². The Morgan fingerprint density at radius 1 is 1.20 bits per heavy atom. The van der Waals surface area contributed by atoms with Gasteiger partial charge in [0.1, 0.15) is 11.5 Å². The van der Waals surface area contributed by atoms with Crippen molar-refractivity contribution in [2.24, 2.45) is 5.73 Å². The highest BCUT2D eigenvalue weighted by molar-refractivity contribution is 5.55. The molecule has 2 rings (SSSR count). The molecule has 1 aliphatic carbocycles. The molecule has 0 spiro atoms. The lowest BCUT2D eigenvalue weighted by molar-refractivity contribution is 0.393. The normalized spacial score (nSPS) is 13.8. The summed E-state index contributed by atoms with van der Waals surface area (Å²) >= 11 is 0. The predicted molar refractivity (Wildman–Crippen MR) is 59.5 cm³/mol. The first-order chi connectivity index (χ1) is 7.31. The van der Waals surface area contributed by atoms with Gasteiger partial charge in [0, 0.05) is 23.2 Å². The van der Waals surface area contributed by atoms with E-state index in [2.05, 4.69) is 0 Å². The highest BCUT2D eigenvalue weighted by Crippen LogP contribution is 2.39. The Morgan fingerprint density at radius 2 is 1.93 bits per heavy atom. The summed E-state index contributed by atoms with van der Waals surface area (Å²) in [4.78, 5) is 0. The Labute approximate surface area is 90.2 Å². The molecule has 1 aromatic carbocycles. The minimum Gasteiger partial charge on any atom is -0.496 e. The molecule has 0 unspecified atom stereocenters. The van der Waals surface area contributed by atoms with Crippen LogP contribution in [0.5, 0.6) is 11.5 Å². The van der Waals surface area contributed by atoms with Gasteiger partial charge in [0.25, 0.3) is 0 Å². The zero-order valence-corrected chi connectivity index (χ0v) is 9.30. The van der Waals surface area contributed by atoms with Crippen LogP contribution in [0.1, 0.15) is 23.1 Å². The van der Waals surface area contributed by atoms with Crippen molar-refractivity contribution >= 4 is 0 Å². The highest BCUT2D eigenvalue weighted by Gasteiger charge is 2.22. The van der Waals surface area contributed by atoms with Crippen LogP contribution in [-0.4, -0.2) is 14.2 Å². The maximum Gasteiger partial charge on any atom is 0.127 e. The molecule has 0 heterocycles. The molecule has 0 amide bonds. The van der Waals surface area contributed by atoms with Crippen LogP contribution in [0.3, 0.4) is 0 Å². The van der Waals surface area contributed by atoms with Gasteiger partial charge >= 0.3 is 0 Å². The average Bonchev–Trinajstić information content (AvgIpc) is 2.75. The van der Waals surface area contributed by atoms with E-state index in [1.165, 1.54) is 17.5 Å². The van der Waals surface area contributed by atoms with Crippen molar-refractivity contribution < 1.29 is 9.47 Å². The molecule has 15 heavy (non-hydrogen) atoms. The standard InChI is InChI=1S/C12H17NO2/c1-14-11-6-8(7-13)12(15-2)10-5-3-4-9(10)11/h6H,3-5,7,13H2,1-2H3. The van der Waals surface area contributed by atoms with Crippen molar-refractivity contribution in [1.82, 2.24) is 0 Å². The number of hydrogen-bond donors (Lipinski definition) is 1. The van der Waals surface area contributed by atoms with Gasteiger partial charge in [0.05, 0.1) is 14.2 Å². The fourth-order valence-electron chi connectivity index (χ4n) is 2.36. The molecule has 0 saturated heterocycles. The maximum atomic E-state index is 5.71. The average molecular weight is 207 g/mol. The van der Waals surface area contributed by atoms with Crippen molar-refractivity contribution in [2.75, 3.05) is 14.2 Å². The van der Waals surface area contributed by atoms with E-state index in [0.717, 1.165) is 29.9 Å². The topological polar surface area (TPSA) is 44.5 Å². The second kappa shape index (κ2) is 4.11. The number of methoxy groups -OCH3 is 2. The third-order valence-corrected chi connectivity index (χ3v) is 3.03. The summed E-state index contributed by atoms with van der Waals surface area (Å²) in [7, 11) is 3.42. The van der Waals surface area contributed by atoms with Gasteiger partial charge in [-0.3, -0.25) is 0 Å². The van der Waals surface area contributed by atoms with Crippen LogP contribution in [0.2, 0.25) is 0 Å². The Hall–Kier alpha value is -1.22. The third-order valence-electron chi connectivity index (χ3n) is 3.03. The van der Waals surface area contributed by atoms with E-state index in [0.29, 0.717) is 6.54 Å². The summed E-state index contributed by atoms with van der Waals surface area (Å²) in [6.45, 7) is 0.493. The molecule has 0 bridgehead atoms. The minimum atomic E-state index is 0.493. The van der Waals surface area contributed by atoms with Gasteiger partial charge < -0.3 is 15.2 Å². The van der Waals surface area contributed by atoms with Crippen LogP contribution in [0.15, 0.2) is 6.07 Å². The van der Waals surface area contributed by atoms with E-state index in [1.807, 2.05) is 6.07 Å². The molecule has 3 nitrogen and oxygen atoms in total. The number of ether oxygens (including phenoxy) is 2. The molecular weight excluding hydrogens is 190 g/mol. The first kappa shape index (κ1) is 10.3. The molecule has 0 radical (unpaired) electrons. The summed E-state index contributed by atoms with van der Waals surface area (Å²) in [5.74, 6) is 1.93. The van der Waals surface area contributed by atoms with Crippen LogP contribution in [-0.2, 0) is 19.4 Å². The Bertz CT molecular complexity index is 374. The second-order valence-electron chi connectivity index (χ2n) is 3.79. The number of rotatable bonds is 3. The van der Waals surface area contributed by atoms with Crippen molar-refractivity contribution in [2.45, 2.75) is 25.8 Å². The minimum absolute atomic E-state index is 0.493. The van der Waals surface area contributed by atoms with E-state index < -0.39 is 0 Å². The van der Waals surface area contributed by atoms with E-state index in [9.17, 15) is 0 Å². The largest absolute Gasteiger partial charge is 0.496 e. The third kappa shape index (κ3) is 1.57. The van der Waals surface area contributed by atoms with Crippen LogP contribution in [0.25, 0.3) is 0 Å². The maximum absolute atomic E-state index is 5.71. The number of hydrogen-bond acceptors (Lipinski definition) is 3. The molecule has 0 atom stereocenters. The molecule has 0 aromatic heterocycles. The van der Waals surface area contributed by atoms with Crippen LogP contribution >= 0.6 is 0 Å². The molecule has 3 heteroatoms. The summed E-state index contributed by atoms with van der Waals surface area (Å²) < 4.78 is 10.8. The summed E-state index contributed by atoms with van der Waals surface area (Å²) in [5.41, 5.74) is 9.33. The van der Waals surface area contributed by atoms with Gasteiger partial charge in [-0.2, -0.15) is 0 Å². The van der Waals surface area contributed by atoms with Gasteiger partial charge in [0.15, 0.2) is 0 Å². The van der Waals surface area contributed by atoms with E-state index in [-0.39, 0.29) is 0 Å². The lowest BCUT2D eigenvalue weighted by atomic mass is 10.0. The Morgan fingerprint density at radius 3 is 2.53 bits per heavy atom. The Kier molecular flexibility index (Phi) is 2.82. The molecule has 1 aliphatic rings. The highest BCUT2D eigenvalue weighted by atomic mass is 16.5. The van der Waals surface area contributed by atoms with Crippen molar-refractivity contribution in [3.63, 3.8) is 0 Å². The van der Waals surface area contributed by atoms with Gasteiger partial charge in [-0.15, -0.1) is 0 Å². The molecule has 2 N–H and O–H groups in total. The zero-order valence-electron chi connectivity index (χ0n) is 9.30. The quantitative estimate of drug-likeness (QED) is 0.819. The van der Waals surface area contributed by atoms with Crippen molar-refractivity contribution in [3.05, 3.63) is 22.8 Å². The molecule has 1 aromatic rings. The van der Waals surface area contributed by atoms with E-state index >= 15 is 0 Å². The van der Waals surface area contributed by atoms with Crippen LogP contribution in [0, 0.1) is 0 Å². The van der Waals surface area contributed by atoms with Gasteiger partial charge in [-0.1, -0.05) is 0 Å². The molecule has 0 fully saturated rings. The predicted octanol–water partition coefficient (Wildman–Crippen LogP) is 1.65.